The Morgan fingerprint density at radius 3 is 2.40 bits per heavy atom. The molecular formula is C16H23N3O. The van der Waals surface area contributed by atoms with Crippen LogP contribution in [-0.4, -0.2) is 35.9 Å². The number of pyridine rings is 1. The Kier molecular flexibility index (Phi) is 3.64. The summed E-state index contributed by atoms with van der Waals surface area (Å²) in [4.78, 5) is 19.2. The van der Waals surface area contributed by atoms with Crippen LogP contribution in [0.15, 0.2) is 12.3 Å². The van der Waals surface area contributed by atoms with Crippen molar-refractivity contribution < 1.29 is 4.79 Å². The fourth-order valence-electron chi connectivity index (χ4n) is 2.57. The molecule has 0 saturated heterocycles. The lowest BCUT2D eigenvalue weighted by atomic mass is 10.1. The smallest absolute Gasteiger partial charge is 0.257 e. The van der Waals surface area contributed by atoms with E-state index in [-0.39, 0.29) is 5.91 Å². The fourth-order valence-corrected chi connectivity index (χ4v) is 2.57. The molecule has 0 radical (unpaired) electrons. The largest absolute Gasteiger partial charge is 0.387 e. The second kappa shape index (κ2) is 5.43. The molecule has 1 heterocycles. The molecule has 2 aliphatic carbocycles. The molecule has 4 heteroatoms. The zero-order valence-electron chi connectivity index (χ0n) is 12.4. The van der Waals surface area contributed by atoms with E-state index in [0.717, 1.165) is 36.3 Å². The van der Waals surface area contributed by atoms with Gasteiger partial charge in [0, 0.05) is 32.0 Å². The van der Waals surface area contributed by atoms with E-state index in [1.807, 2.05) is 20.0 Å². The molecule has 2 saturated carbocycles. The molecule has 1 aromatic rings. The van der Waals surface area contributed by atoms with Gasteiger partial charge in [-0.05, 0) is 50.5 Å². The molecule has 1 amide bonds. The third-order valence-corrected chi connectivity index (χ3v) is 4.18. The van der Waals surface area contributed by atoms with E-state index in [4.69, 9.17) is 0 Å². The van der Waals surface area contributed by atoms with E-state index in [1.54, 1.807) is 6.20 Å². The van der Waals surface area contributed by atoms with Crippen molar-refractivity contribution in [3.8, 4) is 0 Å². The van der Waals surface area contributed by atoms with Gasteiger partial charge >= 0.3 is 0 Å². The van der Waals surface area contributed by atoms with E-state index in [9.17, 15) is 4.79 Å². The number of rotatable bonds is 6. The maximum atomic E-state index is 12.8. The number of carbonyl (C=O) groups excluding carboxylic acids is 1. The van der Waals surface area contributed by atoms with Gasteiger partial charge in [-0.3, -0.25) is 9.78 Å². The van der Waals surface area contributed by atoms with Gasteiger partial charge in [-0.1, -0.05) is 0 Å². The maximum absolute atomic E-state index is 12.8. The summed E-state index contributed by atoms with van der Waals surface area (Å²) in [6.07, 6.45) is 6.83. The van der Waals surface area contributed by atoms with Gasteiger partial charge in [0.15, 0.2) is 0 Å². The lowest BCUT2D eigenvalue weighted by molar-refractivity contribution is 0.0740. The Hall–Kier alpha value is -1.58. The summed E-state index contributed by atoms with van der Waals surface area (Å²) in [6.45, 7) is 3.79. The van der Waals surface area contributed by atoms with Gasteiger partial charge in [0.05, 0.1) is 11.3 Å². The van der Waals surface area contributed by atoms with E-state index in [0.29, 0.717) is 5.56 Å². The predicted octanol–water partition coefficient (Wildman–Crippen LogP) is 2.69. The summed E-state index contributed by atoms with van der Waals surface area (Å²) >= 11 is 0. The highest BCUT2D eigenvalue weighted by Gasteiger charge is 2.32. The minimum Gasteiger partial charge on any atom is -0.387 e. The second-order valence-corrected chi connectivity index (χ2v) is 6.22. The number of carbonyl (C=O) groups is 1. The third-order valence-electron chi connectivity index (χ3n) is 4.18. The molecule has 0 spiro atoms. The van der Waals surface area contributed by atoms with Gasteiger partial charge < -0.3 is 10.2 Å². The first kappa shape index (κ1) is 13.4. The molecule has 1 aromatic heterocycles. The van der Waals surface area contributed by atoms with Crippen LogP contribution in [0.3, 0.4) is 0 Å². The number of aryl methyl sites for hydroxylation is 1. The predicted molar refractivity (Wildman–Crippen MR) is 79.9 cm³/mol. The van der Waals surface area contributed by atoms with Crippen LogP contribution < -0.4 is 5.32 Å². The Balaban J connectivity index is 1.79. The standard InChI is InChI=1S/C16H23N3O/c1-11-7-15(17-2)14(8-18-11)16(20)19(9-12-3-4-12)10-13-5-6-13/h7-8,12-13H,3-6,9-10H2,1-2H3,(H,17,18). The van der Waals surface area contributed by atoms with Gasteiger partial charge in [0.25, 0.3) is 5.91 Å². The number of anilines is 1. The summed E-state index contributed by atoms with van der Waals surface area (Å²) in [7, 11) is 1.86. The zero-order chi connectivity index (χ0) is 14.1. The van der Waals surface area contributed by atoms with E-state index in [2.05, 4.69) is 15.2 Å². The summed E-state index contributed by atoms with van der Waals surface area (Å²) in [5, 5.41) is 3.12. The average Bonchev–Trinajstić information content (AvgIpc) is 3.32. The van der Waals surface area contributed by atoms with Crippen LogP contribution in [0.2, 0.25) is 0 Å². The Bertz CT molecular complexity index is 492. The normalized spacial score (nSPS) is 17.9. The number of aromatic nitrogens is 1. The van der Waals surface area contributed by atoms with Crippen LogP contribution in [0, 0.1) is 18.8 Å². The number of nitrogens with zero attached hydrogens (tertiary/aromatic N) is 2. The summed E-state index contributed by atoms with van der Waals surface area (Å²) in [5.41, 5.74) is 2.53. The van der Waals surface area contributed by atoms with Crippen molar-refractivity contribution >= 4 is 11.6 Å². The van der Waals surface area contributed by atoms with Crippen LogP contribution >= 0.6 is 0 Å². The SMILES string of the molecule is CNc1cc(C)ncc1C(=O)N(CC1CC1)CC1CC1. The van der Waals surface area contributed by atoms with Crippen molar-refractivity contribution in [2.24, 2.45) is 11.8 Å². The van der Waals surface area contributed by atoms with Gasteiger partial charge in [-0.2, -0.15) is 0 Å². The highest BCUT2D eigenvalue weighted by atomic mass is 16.2. The highest BCUT2D eigenvalue weighted by molar-refractivity contribution is 5.99. The van der Waals surface area contributed by atoms with Crippen LogP contribution in [-0.2, 0) is 0 Å². The molecule has 0 unspecified atom stereocenters. The second-order valence-electron chi connectivity index (χ2n) is 6.22. The first-order chi connectivity index (χ1) is 9.67. The fraction of sp³-hybridized carbons (Fsp3) is 0.625. The molecular weight excluding hydrogens is 250 g/mol. The first-order valence-corrected chi connectivity index (χ1v) is 7.61. The Labute approximate surface area is 120 Å². The summed E-state index contributed by atoms with van der Waals surface area (Å²) in [6, 6.07) is 1.94. The van der Waals surface area contributed by atoms with Crippen molar-refractivity contribution in [2.45, 2.75) is 32.6 Å². The van der Waals surface area contributed by atoms with Gasteiger partial charge in [-0.25, -0.2) is 0 Å². The molecule has 4 nitrogen and oxygen atoms in total. The quantitative estimate of drug-likeness (QED) is 0.866. The maximum Gasteiger partial charge on any atom is 0.257 e. The monoisotopic (exact) mass is 273 g/mol. The van der Waals surface area contributed by atoms with Crippen molar-refractivity contribution in [3.63, 3.8) is 0 Å². The molecule has 108 valence electrons. The minimum absolute atomic E-state index is 0.139. The topological polar surface area (TPSA) is 45.2 Å². The number of nitrogens with one attached hydrogen (secondary N) is 1. The molecule has 3 rings (SSSR count). The van der Waals surface area contributed by atoms with E-state index >= 15 is 0 Å². The van der Waals surface area contributed by atoms with Gasteiger partial charge in [0.2, 0.25) is 0 Å². The Morgan fingerprint density at radius 2 is 1.90 bits per heavy atom. The van der Waals surface area contributed by atoms with Crippen LogP contribution in [0.5, 0.6) is 0 Å². The van der Waals surface area contributed by atoms with Crippen LogP contribution in [0.4, 0.5) is 5.69 Å². The molecule has 1 N–H and O–H groups in total. The van der Waals surface area contributed by atoms with Crippen molar-refractivity contribution in [3.05, 3.63) is 23.5 Å². The molecule has 0 aromatic carbocycles. The molecule has 0 aliphatic heterocycles. The highest BCUT2D eigenvalue weighted by Crippen LogP contribution is 2.34. The zero-order valence-corrected chi connectivity index (χ0v) is 12.4. The number of hydrogen-bond acceptors (Lipinski definition) is 3. The molecule has 20 heavy (non-hydrogen) atoms. The molecule has 0 atom stereocenters. The average molecular weight is 273 g/mol. The van der Waals surface area contributed by atoms with Gasteiger partial charge in [0.1, 0.15) is 0 Å². The van der Waals surface area contributed by atoms with Crippen LogP contribution in [0.25, 0.3) is 0 Å². The first-order valence-electron chi connectivity index (χ1n) is 7.61. The van der Waals surface area contributed by atoms with E-state index in [1.165, 1.54) is 25.7 Å². The lowest BCUT2D eigenvalue weighted by Gasteiger charge is -2.23. The Morgan fingerprint density at radius 1 is 1.30 bits per heavy atom. The molecule has 2 aliphatic rings. The van der Waals surface area contributed by atoms with Crippen LogP contribution in [0.1, 0.15) is 41.7 Å². The van der Waals surface area contributed by atoms with Crippen molar-refractivity contribution in [2.75, 3.05) is 25.5 Å². The van der Waals surface area contributed by atoms with Gasteiger partial charge in [-0.15, -0.1) is 0 Å². The lowest BCUT2D eigenvalue weighted by Crippen LogP contribution is -2.35. The minimum atomic E-state index is 0.139. The molecule has 2 fully saturated rings. The molecule has 0 bridgehead atoms. The number of amides is 1. The summed E-state index contributed by atoms with van der Waals surface area (Å²) in [5.74, 6) is 1.60. The third kappa shape index (κ3) is 3.11. The van der Waals surface area contributed by atoms with Crippen molar-refractivity contribution in [1.29, 1.82) is 0 Å². The van der Waals surface area contributed by atoms with Crippen molar-refractivity contribution in [1.82, 2.24) is 9.88 Å². The van der Waals surface area contributed by atoms with E-state index < -0.39 is 0 Å². The summed E-state index contributed by atoms with van der Waals surface area (Å²) < 4.78 is 0. The number of hydrogen-bond donors (Lipinski definition) is 1.